The van der Waals surface area contributed by atoms with Crippen molar-refractivity contribution in [2.45, 2.75) is 37.9 Å². The van der Waals surface area contributed by atoms with Crippen molar-refractivity contribution in [1.82, 2.24) is 10.2 Å². The predicted octanol–water partition coefficient (Wildman–Crippen LogP) is 1.70. The third-order valence-electron chi connectivity index (χ3n) is 3.74. The van der Waals surface area contributed by atoms with Gasteiger partial charge in [-0.25, -0.2) is 0 Å². The van der Waals surface area contributed by atoms with Crippen LogP contribution in [-0.4, -0.2) is 48.2 Å². The zero-order valence-corrected chi connectivity index (χ0v) is 11.5. The van der Waals surface area contributed by atoms with E-state index in [-0.39, 0.29) is 11.7 Å². The molecular weight excluding hydrogens is 250 g/mol. The van der Waals surface area contributed by atoms with Gasteiger partial charge in [-0.05, 0) is 19.8 Å². The Balaban J connectivity index is 1.67. The molecular formula is C12H19N3O2S. The van der Waals surface area contributed by atoms with Crippen LogP contribution in [0.2, 0.25) is 0 Å². The van der Waals surface area contributed by atoms with Gasteiger partial charge in [0.15, 0.2) is 0 Å². The molecule has 2 atom stereocenters. The lowest BCUT2D eigenvalue weighted by Crippen LogP contribution is -2.48. The zero-order chi connectivity index (χ0) is 12.4. The van der Waals surface area contributed by atoms with E-state index in [0.717, 1.165) is 50.7 Å². The van der Waals surface area contributed by atoms with Gasteiger partial charge in [-0.3, -0.25) is 0 Å². The minimum atomic E-state index is -0.0241. The van der Waals surface area contributed by atoms with E-state index in [1.54, 1.807) is 16.8 Å². The molecule has 3 heterocycles. The third-order valence-corrected chi connectivity index (χ3v) is 4.49. The maximum Gasteiger partial charge on any atom is 0.208 e. The number of anilines is 1. The Bertz CT molecular complexity index is 387. The molecule has 0 N–H and O–H groups in total. The smallest absolute Gasteiger partial charge is 0.208 e. The van der Waals surface area contributed by atoms with Crippen molar-refractivity contribution in [2.24, 2.45) is 0 Å². The summed E-state index contributed by atoms with van der Waals surface area (Å²) in [5.41, 5.74) is 1.76. The van der Waals surface area contributed by atoms with Crippen molar-refractivity contribution in [3.63, 3.8) is 0 Å². The second-order valence-corrected chi connectivity index (χ2v) is 5.83. The Hall–Kier alpha value is -0.720. The van der Waals surface area contributed by atoms with Crippen LogP contribution in [0.25, 0.3) is 0 Å². The normalized spacial score (nSPS) is 32.3. The van der Waals surface area contributed by atoms with Gasteiger partial charge >= 0.3 is 0 Å². The molecule has 0 amide bonds. The van der Waals surface area contributed by atoms with E-state index in [2.05, 4.69) is 15.1 Å². The number of ether oxygens (including phenoxy) is 2. The second-order valence-electron chi connectivity index (χ2n) is 5.02. The maximum absolute atomic E-state index is 6.06. The Morgan fingerprint density at radius 2 is 2.61 bits per heavy atom. The van der Waals surface area contributed by atoms with Crippen molar-refractivity contribution in [3.8, 4) is 0 Å². The number of hydrogen-bond donors (Lipinski definition) is 0. The molecule has 0 aliphatic carbocycles. The number of rotatable bonds is 3. The first kappa shape index (κ1) is 12.3. The Morgan fingerprint density at radius 3 is 3.39 bits per heavy atom. The molecule has 0 saturated carbocycles. The molecule has 0 bridgehead atoms. The van der Waals surface area contributed by atoms with Crippen LogP contribution in [0.15, 0.2) is 5.51 Å². The Kier molecular flexibility index (Phi) is 3.50. The molecule has 6 heteroatoms. The van der Waals surface area contributed by atoms with Crippen LogP contribution in [-0.2, 0) is 9.47 Å². The summed E-state index contributed by atoms with van der Waals surface area (Å²) < 4.78 is 11.8. The fourth-order valence-corrected chi connectivity index (χ4v) is 3.58. The molecule has 1 aromatic heterocycles. The summed E-state index contributed by atoms with van der Waals surface area (Å²) >= 11 is 1.60. The number of aromatic nitrogens is 2. The summed E-state index contributed by atoms with van der Waals surface area (Å²) in [6.45, 7) is 5.52. The monoisotopic (exact) mass is 269 g/mol. The van der Waals surface area contributed by atoms with Gasteiger partial charge < -0.3 is 14.4 Å². The highest BCUT2D eigenvalue weighted by Crippen LogP contribution is 2.37. The van der Waals surface area contributed by atoms with E-state index in [1.165, 1.54) is 0 Å². The van der Waals surface area contributed by atoms with E-state index < -0.39 is 0 Å². The average Bonchev–Trinajstić information content (AvgIpc) is 3.01. The molecule has 18 heavy (non-hydrogen) atoms. The highest BCUT2D eigenvalue weighted by molar-refractivity contribution is 7.13. The minimum absolute atomic E-state index is 0.0241. The lowest BCUT2D eigenvalue weighted by molar-refractivity contribution is -0.0117. The van der Waals surface area contributed by atoms with Crippen LogP contribution in [0, 0.1) is 0 Å². The number of hydrogen-bond acceptors (Lipinski definition) is 6. The first-order chi connectivity index (χ1) is 8.81. The zero-order valence-electron chi connectivity index (χ0n) is 10.7. The van der Waals surface area contributed by atoms with Gasteiger partial charge in [0, 0.05) is 26.1 Å². The maximum atomic E-state index is 6.06. The first-order valence-corrected chi connectivity index (χ1v) is 7.46. The minimum Gasteiger partial charge on any atom is -0.376 e. The number of piperidine rings is 1. The van der Waals surface area contributed by atoms with Gasteiger partial charge in [0.2, 0.25) is 5.13 Å². The molecule has 0 unspecified atom stereocenters. The van der Waals surface area contributed by atoms with Crippen molar-refractivity contribution in [3.05, 3.63) is 5.51 Å². The van der Waals surface area contributed by atoms with Crippen LogP contribution in [0.4, 0.5) is 5.13 Å². The van der Waals surface area contributed by atoms with Crippen molar-refractivity contribution in [1.29, 1.82) is 0 Å². The van der Waals surface area contributed by atoms with Gasteiger partial charge in [-0.2, -0.15) is 0 Å². The van der Waals surface area contributed by atoms with Crippen molar-refractivity contribution >= 4 is 16.5 Å². The predicted molar refractivity (Wildman–Crippen MR) is 70.1 cm³/mol. The summed E-state index contributed by atoms with van der Waals surface area (Å²) in [4.78, 5) is 2.30. The molecule has 1 aromatic rings. The highest BCUT2D eigenvalue weighted by atomic mass is 32.1. The molecule has 2 fully saturated rings. The van der Waals surface area contributed by atoms with Crippen molar-refractivity contribution < 1.29 is 9.47 Å². The Morgan fingerprint density at radius 1 is 1.67 bits per heavy atom. The molecule has 100 valence electrons. The first-order valence-electron chi connectivity index (χ1n) is 6.58. The van der Waals surface area contributed by atoms with E-state index in [1.807, 2.05) is 6.92 Å². The fourth-order valence-electron chi connectivity index (χ4n) is 3.00. The summed E-state index contributed by atoms with van der Waals surface area (Å²) in [5, 5.41) is 9.09. The summed E-state index contributed by atoms with van der Waals surface area (Å²) in [6.07, 6.45) is 3.56. The van der Waals surface area contributed by atoms with Crippen LogP contribution in [0.1, 0.15) is 26.2 Å². The summed E-state index contributed by atoms with van der Waals surface area (Å²) in [5.74, 6) is 0. The molecule has 0 radical (unpaired) electrons. The van der Waals surface area contributed by atoms with Crippen LogP contribution in [0.5, 0.6) is 0 Å². The molecule has 2 saturated heterocycles. The van der Waals surface area contributed by atoms with Gasteiger partial charge in [0.05, 0.1) is 18.3 Å². The van der Waals surface area contributed by atoms with Gasteiger partial charge in [-0.1, -0.05) is 11.3 Å². The molecule has 0 aromatic carbocycles. The van der Waals surface area contributed by atoms with Crippen LogP contribution >= 0.6 is 11.3 Å². The summed E-state index contributed by atoms with van der Waals surface area (Å²) in [6, 6.07) is 0. The van der Waals surface area contributed by atoms with Gasteiger partial charge in [0.25, 0.3) is 0 Å². The average molecular weight is 269 g/mol. The number of nitrogens with zero attached hydrogens (tertiary/aromatic N) is 3. The standard InChI is InChI=1S/C12H19N3O2S/c1-2-16-10-6-12(17-7-10)4-3-5-15(8-12)11-14-13-9-18-11/h9-10H,2-8H2,1H3/t10-,12+/m0/s1. The lowest BCUT2D eigenvalue weighted by Gasteiger charge is -2.39. The SMILES string of the molecule is CCO[C@@H]1CO[C@]2(CCCN(c3nncs3)C2)C1. The molecule has 1 spiro atoms. The topological polar surface area (TPSA) is 47.5 Å². The quantitative estimate of drug-likeness (QED) is 0.836. The van der Waals surface area contributed by atoms with Crippen LogP contribution < -0.4 is 4.90 Å². The molecule has 5 nitrogen and oxygen atoms in total. The van der Waals surface area contributed by atoms with E-state index >= 15 is 0 Å². The van der Waals surface area contributed by atoms with E-state index in [9.17, 15) is 0 Å². The van der Waals surface area contributed by atoms with Gasteiger partial charge in [0.1, 0.15) is 5.51 Å². The fraction of sp³-hybridized carbons (Fsp3) is 0.833. The second kappa shape index (κ2) is 5.11. The van der Waals surface area contributed by atoms with Crippen LogP contribution in [0.3, 0.4) is 0 Å². The van der Waals surface area contributed by atoms with E-state index in [0.29, 0.717) is 0 Å². The summed E-state index contributed by atoms with van der Waals surface area (Å²) in [7, 11) is 0. The molecule has 3 rings (SSSR count). The van der Waals surface area contributed by atoms with E-state index in [4.69, 9.17) is 9.47 Å². The molecule has 2 aliphatic heterocycles. The lowest BCUT2D eigenvalue weighted by atomic mass is 9.89. The third kappa shape index (κ3) is 2.37. The van der Waals surface area contributed by atoms with Gasteiger partial charge in [-0.15, -0.1) is 10.2 Å². The Labute approximate surface area is 111 Å². The molecule has 2 aliphatic rings. The largest absolute Gasteiger partial charge is 0.376 e. The highest BCUT2D eigenvalue weighted by Gasteiger charge is 2.44. The van der Waals surface area contributed by atoms with Crippen molar-refractivity contribution in [2.75, 3.05) is 31.2 Å².